The number of fused-ring (bicyclic) bond motifs is 1. The minimum Gasteiger partial charge on any atom is -0.335 e. The van der Waals surface area contributed by atoms with Gasteiger partial charge >= 0.3 is 0 Å². The van der Waals surface area contributed by atoms with E-state index in [1.165, 1.54) is 10.6 Å². The number of hydrogen-bond donors (Lipinski definition) is 0. The summed E-state index contributed by atoms with van der Waals surface area (Å²) in [5.41, 5.74) is 3.05. The van der Waals surface area contributed by atoms with Crippen LogP contribution in [-0.2, 0) is 16.4 Å². The van der Waals surface area contributed by atoms with Gasteiger partial charge in [0.05, 0.1) is 18.0 Å². The average Bonchev–Trinajstić information content (AvgIpc) is 3.03. The highest BCUT2D eigenvalue weighted by atomic mass is 35.5. The molecule has 1 unspecified atom stereocenters. The van der Waals surface area contributed by atoms with Crippen molar-refractivity contribution in [3.8, 4) is 0 Å². The molecule has 0 saturated heterocycles. The summed E-state index contributed by atoms with van der Waals surface area (Å²) < 4.78 is 25.1. The molecule has 0 spiro atoms. The molecule has 1 aliphatic rings. The monoisotopic (exact) mass is 392 g/mol. The Balaban J connectivity index is 1.85. The van der Waals surface area contributed by atoms with Crippen LogP contribution < -0.4 is 4.31 Å². The minimum atomic E-state index is -3.29. The lowest BCUT2D eigenvalue weighted by molar-refractivity contribution is 0.0742. The first-order valence-corrected chi connectivity index (χ1v) is 10.5. The summed E-state index contributed by atoms with van der Waals surface area (Å²) >= 11 is 6.05. The van der Waals surface area contributed by atoms with Crippen LogP contribution in [0.4, 0.5) is 5.69 Å². The molecule has 7 heteroatoms. The molecule has 3 rings (SSSR count). The highest BCUT2D eigenvalue weighted by Crippen LogP contribution is 2.31. The highest BCUT2D eigenvalue weighted by molar-refractivity contribution is 7.92. The van der Waals surface area contributed by atoms with Gasteiger partial charge in [-0.3, -0.25) is 9.10 Å². The number of carbonyl (C=O) groups is 1. The summed E-state index contributed by atoms with van der Waals surface area (Å²) in [5.74, 6) is -0.113. The maximum Gasteiger partial charge on any atom is 0.254 e. The van der Waals surface area contributed by atoms with Gasteiger partial charge in [0.2, 0.25) is 10.0 Å². The molecular formula is C19H21ClN2O3S. The van der Waals surface area contributed by atoms with E-state index in [2.05, 4.69) is 0 Å². The molecule has 1 heterocycles. The predicted octanol–water partition coefficient (Wildman–Crippen LogP) is 3.50. The van der Waals surface area contributed by atoms with E-state index in [0.717, 1.165) is 11.1 Å². The van der Waals surface area contributed by atoms with E-state index in [4.69, 9.17) is 11.6 Å². The summed E-state index contributed by atoms with van der Waals surface area (Å²) in [6.45, 7) is 2.36. The van der Waals surface area contributed by atoms with Crippen LogP contribution in [0.5, 0.6) is 0 Å². The fourth-order valence-corrected chi connectivity index (χ4v) is 4.38. The third kappa shape index (κ3) is 3.57. The quantitative estimate of drug-likeness (QED) is 0.800. The molecule has 0 radical (unpaired) electrons. The topological polar surface area (TPSA) is 57.7 Å². The Morgan fingerprint density at radius 1 is 1.23 bits per heavy atom. The van der Waals surface area contributed by atoms with Crippen molar-refractivity contribution in [3.05, 3.63) is 64.2 Å². The van der Waals surface area contributed by atoms with Crippen LogP contribution in [0.1, 0.15) is 34.5 Å². The Kier molecular flexibility index (Phi) is 4.99. The summed E-state index contributed by atoms with van der Waals surface area (Å²) in [5, 5.41) is 0.633. The first-order chi connectivity index (χ1) is 12.2. The molecule has 2 aromatic carbocycles. The van der Waals surface area contributed by atoms with Crippen molar-refractivity contribution < 1.29 is 13.2 Å². The fraction of sp³-hybridized carbons (Fsp3) is 0.316. The van der Waals surface area contributed by atoms with Gasteiger partial charge in [-0.1, -0.05) is 23.7 Å². The number of amides is 1. The van der Waals surface area contributed by atoms with Crippen LogP contribution in [0.15, 0.2) is 42.5 Å². The molecule has 0 N–H and O–H groups in total. The van der Waals surface area contributed by atoms with Crippen LogP contribution in [0.3, 0.4) is 0 Å². The molecule has 0 saturated carbocycles. The third-order valence-electron chi connectivity index (χ3n) is 4.81. The second-order valence-electron chi connectivity index (χ2n) is 6.58. The Hall–Kier alpha value is -2.05. The molecule has 0 aliphatic carbocycles. The number of carbonyl (C=O) groups excluding carboxylic acids is 1. The molecule has 0 aromatic heterocycles. The van der Waals surface area contributed by atoms with E-state index in [-0.39, 0.29) is 11.9 Å². The van der Waals surface area contributed by atoms with Gasteiger partial charge in [-0.25, -0.2) is 8.42 Å². The van der Waals surface area contributed by atoms with Gasteiger partial charge in [0.1, 0.15) is 0 Å². The van der Waals surface area contributed by atoms with Crippen molar-refractivity contribution >= 4 is 33.2 Å². The smallest absolute Gasteiger partial charge is 0.254 e. The highest BCUT2D eigenvalue weighted by Gasteiger charge is 2.27. The number of nitrogens with zero attached hydrogens (tertiary/aromatic N) is 2. The van der Waals surface area contributed by atoms with Gasteiger partial charge in [-0.2, -0.15) is 0 Å². The van der Waals surface area contributed by atoms with E-state index < -0.39 is 10.0 Å². The predicted molar refractivity (Wildman–Crippen MR) is 104 cm³/mol. The first kappa shape index (κ1) is 18.7. The Morgan fingerprint density at radius 3 is 2.62 bits per heavy atom. The lowest BCUT2D eigenvalue weighted by Gasteiger charge is -2.26. The number of halogens is 1. The third-order valence-corrected chi connectivity index (χ3v) is 6.23. The van der Waals surface area contributed by atoms with Crippen molar-refractivity contribution in [1.29, 1.82) is 0 Å². The van der Waals surface area contributed by atoms with Crippen LogP contribution in [0, 0.1) is 0 Å². The van der Waals surface area contributed by atoms with Crippen molar-refractivity contribution in [2.75, 3.05) is 24.2 Å². The van der Waals surface area contributed by atoms with Crippen LogP contribution in [0.25, 0.3) is 0 Å². The van der Waals surface area contributed by atoms with Crippen LogP contribution in [0.2, 0.25) is 5.02 Å². The second kappa shape index (κ2) is 6.93. The summed E-state index contributed by atoms with van der Waals surface area (Å²) in [6, 6.07) is 12.5. The Bertz CT molecular complexity index is 959. The van der Waals surface area contributed by atoms with Crippen molar-refractivity contribution in [2.45, 2.75) is 19.4 Å². The minimum absolute atomic E-state index is 0.113. The average molecular weight is 393 g/mol. The lowest BCUT2D eigenvalue weighted by atomic mass is 10.0. The normalized spacial score (nSPS) is 14.8. The standard InChI is InChI=1S/C19H21ClN2O3S/c1-13(14-5-4-6-17(20)12-14)21(2)19(23)16-7-8-18-15(11-16)9-10-22(18)26(3,24)25/h4-8,11-13H,9-10H2,1-3H3. The van der Waals surface area contributed by atoms with E-state index >= 15 is 0 Å². The Morgan fingerprint density at radius 2 is 1.96 bits per heavy atom. The van der Waals surface area contributed by atoms with Crippen molar-refractivity contribution in [3.63, 3.8) is 0 Å². The molecular weight excluding hydrogens is 372 g/mol. The molecule has 1 atom stereocenters. The number of rotatable bonds is 4. The number of anilines is 1. The van der Waals surface area contributed by atoms with E-state index in [9.17, 15) is 13.2 Å². The summed E-state index contributed by atoms with van der Waals surface area (Å²) in [6.07, 6.45) is 1.80. The van der Waals surface area contributed by atoms with E-state index in [1.807, 2.05) is 25.1 Å². The second-order valence-corrected chi connectivity index (χ2v) is 8.92. The molecule has 5 nitrogen and oxygen atoms in total. The molecule has 2 aromatic rings. The van der Waals surface area contributed by atoms with E-state index in [0.29, 0.717) is 29.2 Å². The lowest BCUT2D eigenvalue weighted by Crippen LogP contribution is -2.30. The SMILES string of the molecule is CC(c1cccc(Cl)c1)N(C)C(=O)c1ccc2c(c1)CCN2S(C)(=O)=O. The van der Waals surface area contributed by atoms with Gasteiger partial charge in [0.25, 0.3) is 5.91 Å². The largest absolute Gasteiger partial charge is 0.335 e. The molecule has 0 bridgehead atoms. The molecule has 26 heavy (non-hydrogen) atoms. The van der Waals surface area contributed by atoms with Crippen molar-refractivity contribution in [2.24, 2.45) is 0 Å². The molecule has 1 amide bonds. The first-order valence-electron chi connectivity index (χ1n) is 8.32. The van der Waals surface area contributed by atoms with Crippen molar-refractivity contribution in [1.82, 2.24) is 4.90 Å². The number of benzene rings is 2. The zero-order valence-corrected chi connectivity index (χ0v) is 16.5. The molecule has 1 aliphatic heterocycles. The number of hydrogen-bond acceptors (Lipinski definition) is 3. The van der Waals surface area contributed by atoms with Gasteiger partial charge in [-0.05, 0) is 54.8 Å². The maximum absolute atomic E-state index is 12.9. The van der Waals surface area contributed by atoms with Crippen LogP contribution >= 0.6 is 11.6 Å². The summed E-state index contributed by atoms with van der Waals surface area (Å²) in [4.78, 5) is 14.5. The van der Waals surface area contributed by atoms with E-state index in [1.54, 1.807) is 36.2 Å². The molecule has 138 valence electrons. The van der Waals surface area contributed by atoms with Crippen LogP contribution in [-0.4, -0.2) is 39.1 Å². The van der Waals surface area contributed by atoms with Gasteiger partial charge in [0.15, 0.2) is 0 Å². The molecule has 0 fully saturated rings. The van der Waals surface area contributed by atoms with Gasteiger partial charge in [-0.15, -0.1) is 0 Å². The fourth-order valence-electron chi connectivity index (χ4n) is 3.22. The maximum atomic E-state index is 12.9. The van der Waals surface area contributed by atoms with Gasteiger partial charge in [0, 0.05) is 24.2 Å². The zero-order valence-electron chi connectivity index (χ0n) is 14.9. The number of sulfonamides is 1. The zero-order chi connectivity index (χ0) is 19.1. The Labute approximate surface area is 159 Å². The van der Waals surface area contributed by atoms with Gasteiger partial charge < -0.3 is 4.90 Å². The summed E-state index contributed by atoms with van der Waals surface area (Å²) in [7, 11) is -1.54.